The number of aliphatic hydroxyl groups excluding tert-OH is 1. The number of anilines is 1. The summed E-state index contributed by atoms with van der Waals surface area (Å²) in [6.07, 6.45) is 0. The molecule has 8 nitrogen and oxygen atoms in total. The molecule has 128 valence electrons. The van der Waals surface area contributed by atoms with Gasteiger partial charge in [0.15, 0.2) is 0 Å². The highest BCUT2D eigenvalue weighted by Crippen LogP contribution is 2.13. The fourth-order valence-corrected chi connectivity index (χ4v) is 2.40. The van der Waals surface area contributed by atoms with Crippen molar-refractivity contribution in [3.05, 3.63) is 35.4 Å². The van der Waals surface area contributed by atoms with Crippen LogP contribution in [-0.2, 0) is 4.79 Å². The topological polar surface area (TPSA) is 120 Å². The summed E-state index contributed by atoms with van der Waals surface area (Å²) in [5.41, 5.74) is 1.46. The van der Waals surface area contributed by atoms with E-state index in [-0.39, 0.29) is 18.5 Å². The number of hydrogen-bond acceptors (Lipinski definition) is 6. The van der Waals surface area contributed by atoms with Crippen LogP contribution in [0.1, 0.15) is 22.8 Å². The fourth-order valence-electron chi connectivity index (χ4n) is 1.86. The van der Waals surface area contributed by atoms with Gasteiger partial charge in [-0.25, -0.2) is 5.10 Å². The lowest BCUT2D eigenvalue weighted by Crippen LogP contribution is -2.41. The summed E-state index contributed by atoms with van der Waals surface area (Å²) in [4.78, 5) is 28.3. The van der Waals surface area contributed by atoms with Crippen molar-refractivity contribution in [3.63, 3.8) is 0 Å². The van der Waals surface area contributed by atoms with Crippen molar-refractivity contribution < 1.29 is 14.7 Å². The van der Waals surface area contributed by atoms with Gasteiger partial charge in [-0.2, -0.15) is 4.98 Å². The van der Waals surface area contributed by atoms with E-state index in [1.807, 2.05) is 13.0 Å². The number of carbonyl (C=O) groups is 2. The van der Waals surface area contributed by atoms with Crippen LogP contribution in [0.2, 0.25) is 0 Å². The maximum absolute atomic E-state index is 12.1. The fraction of sp³-hybridized carbons (Fsp3) is 0.333. The van der Waals surface area contributed by atoms with Crippen molar-refractivity contribution in [1.82, 2.24) is 20.5 Å². The first kappa shape index (κ1) is 18.0. The highest BCUT2D eigenvalue weighted by Gasteiger charge is 2.18. The third-order valence-electron chi connectivity index (χ3n) is 3.05. The molecule has 24 heavy (non-hydrogen) atoms. The van der Waals surface area contributed by atoms with E-state index in [1.54, 1.807) is 25.1 Å². The number of carbonyl (C=O) groups excluding carboxylic acids is 2. The van der Waals surface area contributed by atoms with Crippen LogP contribution in [0.5, 0.6) is 0 Å². The van der Waals surface area contributed by atoms with Crippen LogP contribution in [0.25, 0.3) is 0 Å². The number of H-pyrrole nitrogens is 1. The van der Waals surface area contributed by atoms with Gasteiger partial charge in [0.25, 0.3) is 5.91 Å². The van der Waals surface area contributed by atoms with E-state index in [0.29, 0.717) is 16.5 Å². The number of hydrogen-bond donors (Lipinski definition) is 4. The molecule has 1 aromatic carbocycles. The molecule has 0 saturated heterocycles. The lowest BCUT2D eigenvalue weighted by Gasteiger charge is -2.13. The van der Waals surface area contributed by atoms with E-state index in [0.717, 1.165) is 5.56 Å². The van der Waals surface area contributed by atoms with Crippen molar-refractivity contribution in [2.24, 2.45) is 0 Å². The first-order valence-electron chi connectivity index (χ1n) is 7.34. The molecule has 1 aromatic heterocycles. The van der Waals surface area contributed by atoms with Crippen molar-refractivity contribution in [1.29, 1.82) is 0 Å². The highest BCUT2D eigenvalue weighted by atomic mass is 32.2. The lowest BCUT2D eigenvalue weighted by molar-refractivity contribution is -0.117. The maximum Gasteiger partial charge on any atom is 0.251 e. The molecule has 1 atom stereocenters. The number of thioether (sulfide) groups is 1. The van der Waals surface area contributed by atoms with Gasteiger partial charge in [0.1, 0.15) is 6.04 Å². The Kier molecular flexibility index (Phi) is 6.33. The first-order chi connectivity index (χ1) is 11.5. The smallest absolute Gasteiger partial charge is 0.251 e. The number of aromatic amines is 1. The maximum atomic E-state index is 12.1. The van der Waals surface area contributed by atoms with Gasteiger partial charge in [-0.1, -0.05) is 29.5 Å². The van der Waals surface area contributed by atoms with Crippen molar-refractivity contribution in [3.8, 4) is 0 Å². The van der Waals surface area contributed by atoms with Gasteiger partial charge < -0.3 is 10.4 Å². The van der Waals surface area contributed by atoms with Crippen LogP contribution in [0.3, 0.4) is 0 Å². The first-order valence-corrected chi connectivity index (χ1v) is 8.32. The molecule has 1 heterocycles. The summed E-state index contributed by atoms with van der Waals surface area (Å²) in [5.74, 6) is -0.0742. The Morgan fingerprint density at radius 1 is 1.42 bits per heavy atom. The summed E-state index contributed by atoms with van der Waals surface area (Å²) in [6, 6.07) is 6.38. The second-order valence-electron chi connectivity index (χ2n) is 5.09. The van der Waals surface area contributed by atoms with E-state index >= 15 is 0 Å². The second-order valence-corrected chi connectivity index (χ2v) is 6.15. The Morgan fingerprint density at radius 3 is 2.92 bits per heavy atom. The molecule has 0 bridgehead atoms. The number of rotatable bonds is 7. The molecule has 2 amide bonds. The average Bonchev–Trinajstić information content (AvgIpc) is 3.00. The number of benzene rings is 1. The monoisotopic (exact) mass is 349 g/mol. The van der Waals surface area contributed by atoms with Crippen LogP contribution in [-0.4, -0.2) is 50.5 Å². The third-order valence-corrected chi connectivity index (χ3v) is 3.88. The van der Waals surface area contributed by atoms with E-state index in [4.69, 9.17) is 5.11 Å². The van der Waals surface area contributed by atoms with E-state index in [9.17, 15) is 9.59 Å². The van der Waals surface area contributed by atoms with Crippen LogP contribution in [0.15, 0.2) is 29.4 Å². The zero-order chi connectivity index (χ0) is 17.5. The standard InChI is InChI=1S/C15H19N5O3S/c1-9-4-3-5-11(8-9)13(23)16-10(2)12(22)17-14-18-15(20-19-14)24-7-6-21/h3-5,8,10,21H,6-7H2,1-2H3,(H,16,23)(H2,17,18,19,20,22). The second kappa shape index (κ2) is 8.46. The molecule has 0 saturated carbocycles. The lowest BCUT2D eigenvalue weighted by atomic mass is 10.1. The number of aromatic nitrogens is 3. The Balaban J connectivity index is 1.90. The normalized spacial score (nSPS) is 11.8. The van der Waals surface area contributed by atoms with E-state index < -0.39 is 11.9 Å². The largest absolute Gasteiger partial charge is 0.396 e. The number of nitrogens with zero attached hydrogens (tertiary/aromatic N) is 2. The molecular weight excluding hydrogens is 330 g/mol. The number of aliphatic hydroxyl groups is 1. The Hall–Kier alpha value is -2.39. The molecule has 0 aliphatic rings. The van der Waals surface area contributed by atoms with Crippen LogP contribution >= 0.6 is 11.8 Å². The Bertz CT molecular complexity index is 719. The Morgan fingerprint density at radius 2 is 2.21 bits per heavy atom. The van der Waals surface area contributed by atoms with Crippen molar-refractivity contribution in [2.75, 3.05) is 17.7 Å². The molecule has 0 aliphatic carbocycles. The molecule has 9 heteroatoms. The highest BCUT2D eigenvalue weighted by molar-refractivity contribution is 7.99. The van der Waals surface area contributed by atoms with Crippen molar-refractivity contribution >= 4 is 29.5 Å². The van der Waals surface area contributed by atoms with Gasteiger partial charge in [0, 0.05) is 11.3 Å². The predicted octanol–water partition coefficient (Wildman–Crippen LogP) is 0.955. The molecule has 1 unspecified atom stereocenters. The van der Waals surface area contributed by atoms with Crippen LogP contribution < -0.4 is 10.6 Å². The van der Waals surface area contributed by atoms with Crippen LogP contribution in [0, 0.1) is 6.92 Å². The van der Waals surface area contributed by atoms with E-state index in [2.05, 4.69) is 25.8 Å². The summed E-state index contributed by atoms with van der Waals surface area (Å²) in [5, 5.41) is 20.8. The molecule has 4 N–H and O–H groups in total. The molecular formula is C15H19N5O3S. The van der Waals surface area contributed by atoms with Gasteiger partial charge in [-0.3, -0.25) is 14.9 Å². The van der Waals surface area contributed by atoms with E-state index in [1.165, 1.54) is 11.8 Å². The van der Waals surface area contributed by atoms with Gasteiger partial charge in [-0.05, 0) is 26.0 Å². The summed E-state index contributed by atoms with van der Waals surface area (Å²) >= 11 is 1.26. The zero-order valence-electron chi connectivity index (χ0n) is 13.4. The summed E-state index contributed by atoms with van der Waals surface area (Å²) in [6.45, 7) is 3.49. The molecule has 0 fully saturated rings. The molecule has 2 aromatic rings. The minimum absolute atomic E-state index is 0.0168. The van der Waals surface area contributed by atoms with Gasteiger partial charge in [-0.15, -0.1) is 5.10 Å². The molecule has 0 spiro atoms. The Labute approximate surface area is 143 Å². The SMILES string of the molecule is Cc1cccc(C(=O)NC(C)C(=O)Nc2nc(SCCO)n[nH]2)c1. The molecule has 2 rings (SSSR count). The number of nitrogens with one attached hydrogen (secondary N) is 3. The minimum Gasteiger partial charge on any atom is -0.396 e. The summed E-state index contributed by atoms with van der Waals surface area (Å²) in [7, 11) is 0. The average molecular weight is 349 g/mol. The third kappa shape index (κ3) is 5.07. The number of amides is 2. The number of aryl methyl sites for hydroxylation is 1. The minimum atomic E-state index is -0.739. The predicted molar refractivity (Wildman–Crippen MR) is 90.9 cm³/mol. The molecule has 0 radical (unpaired) electrons. The molecule has 0 aliphatic heterocycles. The zero-order valence-corrected chi connectivity index (χ0v) is 14.2. The quantitative estimate of drug-likeness (QED) is 0.553. The van der Waals surface area contributed by atoms with Crippen LogP contribution in [0.4, 0.5) is 5.95 Å². The summed E-state index contributed by atoms with van der Waals surface area (Å²) < 4.78 is 0. The van der Waals surface area contributed by atoms with Crippen molar-refractivity contribution in [2.45, 2.75) is 25.0 Å². The van der Waals surface area contributed by atoms with Gasteiger partial charge in [0.2, 0.25) is 17.0 Å². The van der Waals surface area contributed by atoms with Gasteiger partial charge in [0.05, 0.1) is 6.61 Å². The van der Waals surface area contributed by atoms with Gasteiger partial charge >= 0.3 is 0 Å².